The minimum Gasteiger partial charge on any atom is -0.457 e. The normalized spacial score (nSPS) is 10.1. The van der Waals surface area contributed by atoms with Crippen LogP contribution in [0.2, 0.25) is 10.0 Å². The highest BCUT2D eigenvalue weighted by molar-refractivity contribution is 6.47. The molecule has 136 valence electrons. The molecule has 1 aromatic heterocycles. The molecule has 0 fully saturated rings. The molecule has 0 saturated heterocycles. The number of aromatic nitrogens is 1. The van der Waals surface area contributed by atoms with Crippen LogP contribution in [0, 0.1) is 0 Å². The van der Waals surface area contributed by atoms with Crippen LogP contribution in [0.5, 0.6) is 11.5 Å². The number of anilines is 2. The molecule has 6 nitrogen and oxygen atoms in total. The standard InChI is InChI=1S/C19H13Cl2N3O3/c20-15-2-1-3-16(17(15)21)24-19(26)18(25)23-12-4-6-13(7-5-12)27-14-8-10-22-11-9-14/h1-11H,(H,23,25)(H,24,26). The molecule has 0 aliphatic carbocycles. The van der Waals surface area contributed by atoms with Crippen molar-refractivity contribution in [3.05, 3.63) is 77.0 Å². The molecular formula is C19H13Cl2N3O3. The Kier molecular flexibility index (Phi) is 5.90. The van der Waals surface area contributed by atoms with E-state index in [9.17, 15) is 9.59 Å². The lowest BCUT2D eigenvalue weighted by Gasteiger charge is -2.09. The van der Waals surface area contributed by atoms with Crippen LogP contribution in [0.15, 0.2) is 67.0 Å². The third kappa shape index (κ3) is 4.97. The third-order valence-electron chi connectivity index (χ3n) is 3.40. The Hall–Kier alpha value is -3.09. The Labute approximate surface area is 165 Å². The summed E-state index contributed by atoms with van der Waals surface area (Å²) in [6.45, 7) is 0. The molecule has 27 heavy (non-hydrogen) atoms. The van der Waals surface area contributed by atoms with Crippen LogP contribution in [0.25, 0.3) is 0 Å². The predicted octanol–water partition coefficient (Wildman–Crippen LogP) is 4.76. The van der Waals surface area contributed by atoms with Crippen molar-refractivity contribution in [1.29, 1.82) is 0 Å². The molecule has 1 heterocycles. The van der Waals surface area contributed by atoms with E-state index in [1.54, 1.807) is 67.0 Å². The van der Waals surface area contributed by atoms with Crippen molar-refractivity contribution < 1.29 is 14.3 Å². The number of benzene rings is 2. The molecule has 0 aliphatic rings. The number of nitrogens with one attached hydrogen (secondary N) is 2. The number of hydrogen-bond donors (Lipinski definition) is 2. The topological polar surface area (TPSA) is 80.3 Å². The highest BCUT2D eigenvalue weighted by atomic mass is 35.5. The molecule has 2 aromatic carbocycles. The molecule has 0 spiro atoms. The van der Waals surface area contributed by atoms with E-state index in [0.717, 1.165) is 0 Å². The first kappa shape index (κ1) is 18.7. The number of carbonyl (C=O) groups excluding carboxylic acids is 2. The van der Waals surface area contributed by atoms with Gasteiger partial charge in [0, 0.05) is 18.1 Å². The number of ether oxygens (including phenoxy) is 1. The van der Waals surface area contributed by atoms with Gasteiger partial charge in [0.15, 0.2) is 0 Å². The van der Waals surface area contributed by atoms with Crippen LogP contribution < -0.4 is 15.4 Å². The van der Waals surface area contributed by atoms with Crippen LogP contribution in [-0.2, 0) is 9.59 Å². The summed E-state index contributed by atoms with van der Waals surface area (Å²) in [5.74, 6) is -0.487. The number of pyridine rings is 1. The highest BCUT2D eigenvalue weighted by Gasteiger charge is 2.16. The summed E-state index contributed by atoms with van der Waals surface area (Å²) in [5, 5.41) is 5.35. The van der Waals surface area contributed by atoms with E-state index < -0.39 is 11.8 Å². The zero-order chi connectivity index (χ0) is 19.2. The first-order valence-electron chi connectivity index (χ1n) is 7.77. The third-order valence-corrected chi connectivity index (χ3v) is 4.22. The fourth-order valence-electron chi connectivity index (χ4n) is 2.12. The summed E-state index contributed by atoms with van der Waals surface area (Å²) in [4.78, 5) is 28.0. The van der Waals surface area contributed by atoms with E-state index in [4.69, 9.17) is 27.9 Å². The van der Waals surface area contributed by atoms with Gasteiger partial charge in [-0.15, -0.1) is 0 Å². The maximum atomic E-state index is 12.1. The summed E-state index contributed by atoms with van der Waals surface area (Å²) in [5.41, 5.74) is 0.694. The monoisotopic (exact) mass is 401 g/mol. The van der Waals surface area contributed by atoms with Gasteiger partial charge in [-0.3, -0.25) is 14.6 Å². The van der Waals surface area contributed by atoms with E-state index in [2.05, 4.69) is 15.6 Å². The fraction of sp³-hybridized carbons (Fsp3) is 0. The number of amides is 2. The van der Waals surface area contributed by atoms with E-state index in [1.807, 2.05) is 0 Å². The number of rotatable bonds is 4. The molecule has 0 unspecified atom stereocenters. The number of hydrogen-bond acceptors (Lipinski definition) is 4. The molecule has 0 saturated carbocycles. The Morgan fingerprint density at radius 1 is 0.815 bits per heavy atom. The molecule has 0 atom stereocenters. The molecule has 3 rings (SSSR count). The van der Waals surface area contributed by atoms with Gasteiger partial charge in [-0.1, -0.05) is 29.3 Å². The van der Waals surface area contributed by atoms with Gasteiger partial charge >= 0.3 is 11.8 Å². The van der Waals surface area contributed by atoms with Crippen LogP contribution in [0.1, 0.15) is 0 Å². The first-order valence-corrected chi connectivity index (χ1v) is 8.53. The van der Waals surface area contributed by atoms with Crippen molar-refractivity contribution in [2.24, 2.45) is 0 Å². The van der Waals surface area contributed by atoms with Crippen molar-refractivity contribution in [3.63, 3.8) is 0 Å². The van der Waals surface area contributed by atoms with Gasteiger partial charge in [-0.05, 0) is 48.5 Å². The van der Waals surface area contributed by atoms with Gasteiger partial charge in [-0.25, -0.2) is 0 Å². The van der Waals surface area contributed by atoms with Gasteiger partial charge in [0.2, 0.25) is 0 Å². The average Bonchev–Trinajstić information content (AvgIpc) is 2.68. The van der Waals surface area contributed by atoms with Gasteiger partial charge in [0.05, 0.1) is 15.7 Å². The van der Waals surface area contributed by atoms with Crippen LogP contribution >= 0.6 is 23.2 Å². The number of carbonyl (C=O) groups is 2. The maximum Gasteiger partial charge on any atom is 0.314 e. The molecular weight excluding hydrogens is 389 g/mol. The fourth-order valence-corrected chi connectivity index (χ4v) is 2.46. The lowest BCUT2D eigenvalue weighted by molar-refractivity contribution is -0.132. The molecule has 2 amide bonds. The Bertz CT molecular complexity index is 964. The second-order valence-corrected chi connectivity index (χ2v) is 6.10. The zero-order valence-electron chi connectivity index (χ0n) is 13.8. The Morgan fingerprint density at radius 3 is 2.15 bits per heavy atom. The minimum absolute atomic E-state index is 0.165. The van der Waals surface area contributed by atoms with E-state index >= 15 is 0 Å². The Balaban J connectivity index is 1.60. The molecule has 3 aromatic rings. The summed E-state index contributed by atoms with van der Waals surface area (Å²) >= 11 is 11.9. The van der Waals surface area contributed by atoms with Crippen molar-refractivity contribution in [3.8, 4) is 11.5 Å². The number of nitrogens with zero attached hydrogens (tertiary/aromatic N) is 1. The largest absolute Gasteiger partial charge is 0.457 e. The van der Waals surface area contributed by atoms with Gasteiger partial charge < -0.3 is 15.4 Å². The molecule has 0 radical (unpaired) electrons. The second-order valence-electron chi connectivity index (χ2n) is 5.32. The Morgan fingerprint density at radius 2 is 1.44 bits per heavy atom. The first-order chi connectivity index (χ1) is 13.0. The van der Waals surface area contributed by atoms with Crippen molar-refractivity contribution in [2.45, 2.75) is 0 Å². The lowest BCUT2D eigenvalue weighted by Crippen LogP contribution is -2.29. The molecule has 0 bridgehead atoms. The van der Waals surface area contributed by atoms with Gasteiger partial charge in [0.25, 0.3) is 0 Å². The number of halogens is 2. The summed E-state index contributed by atoms with van der Waals surface area (Å²) in [7, 11) is 0. The molecule has 2 N–H and O–H groups in total. The zero-order valence-corrected chi connectivity index (χ0v) is 15.3. The second kappa shape index (κ2) is 8.53. The van der Waals surface area contributed by atoms with Crippen molar-refractivity contribution in [2.75, 3.05) is 10.6 Å². The maximum absolute atomic E-state index is 12.1. The van der Waals surface area contributed by atoms with Gasteiger partial charge in [0.1, 0.15) is 11.5 Å². The summed E-state index contributed by atoms with van der Waals surface area (Å²) < 4.78 is 5.63. The smallest absolute Gasteiger partial charge is 0.314 e. The van der Waals surface area contributed by atoms with Crippen LogP contribution in [-0.4, -0.2) is 16.8 Å². The van der Waals surface area contributed by atoms with Crippen molar-refractivity contribution in [1.82, 2.24) is 4.98 Å². The van der Waals surface area contributed by atoms with E-state index in [1.165, 1.54) is 0 Å². The lowest BCUT2D eigenvalue weighted by atomic mass is 10.3. The quantitative estimate of drug-likeness (QED) is 0.617. The molecule has 0 aliphatic heterocycles. The van der Waals surface area contributed by atoms with Crippen molar-refractivity contribution >= 4 is 46.4 Å². The highest BCUT2D eigenvalue weighted by Crippen LogP contribution is 2.29. The summed E-state index contributed by atoms with van der Waals surface area (Å²) in [6.07, 6.45) is 3.24. The van der Waals surface area contributed by atoms with Gasteiger partial charge in [-0.2, -0.15) is 0 Å². The SMILES string of the molecule is O=C(Nc1ccc(Oc2ccncc2)cc1)C(=O)Nc1cccc(Cl)c1Cl. The summed E-state index contributed by atoms with van der Waals surface area (Å²) in [6, 6.07) is 14.8. The predicted molar refractivity (Wildman–Crippen MR) is 104 cm³/mol. The van der Waals surface area contributed by atoms with E-state index in [-0.39, 0.29) is 15.7 Å². The van der Waals surface area contributed by atoms with Crippen LogP contribution in [0.4, 0.5) is 11.4 Å². The minimum atomic E-state index is -0.865. The average molecular weight is 402 g/mol. The van der Waals surface area contributed by atoms with Crippen LogP contribution in [0.3, 0.4) is 0 Å². The van der Waals surface area contributed by atoms with E-state index in [0.29, 0.717) is 17.2 Å². The molecule has 8 heteroatoms.